The van der Waals surface area contributed by atoms with Crippen molar-refractivity contribution < 1.29 is 4.79 Å². The Morgan fingerprint density at radius 3 is 2.33 bits per heavy atom. The number of nitrogens with zero attached hydrogens (tertiary/aromatic N) is 1. The Kier molecular flexibility index (Phi) is 9.26. The van der Waals surface area contributed by atoms with Gasteiger partial charge in [-0.3, -0.25) is 4.79 Å². The molecule has 0 saturated heterocycles. The molecule has 3 N–H and O–H groups in total. The molecule has 1 aromatic carbocycles. The largest absolute Gasteiger partial charge is 0.353 e. The van der Waals surface area contributed by atoms with Gasteiger partial charge in [-0.15, -0.1) is 12.4 Å². The van der Waals surface area contributed by atoms with Crippen LogP contribution in [0.1, 0.15) is 36.9 Å². The summed E-state index contributed by atoms with van der Waals surface area (Å²) in [4.78, 5) is 14.0. The molecule has 5 heteroatoms. The monoisotopic (exact) mass is 313 g/mol. The SMILES string of the molecule is CCCC(N)C(=O)NCC(c1ccc(C)cc1)N(C)C.Cl. The lowest BCUT2D eigenvalue weighted by molar-refractivity contribution is -0.122. The van der Waals surface area contributed by atoms with Gasteiger partial charge in [0, 0.05) is 6.54 Å². The molecule has 1 amide bonds. The zero-order valence-corrected chi connectivity index (χ0v) is 14.2. The van der Waals surface area contributed by atoms with Crippen LogP contribution in [0, 0.1) is 6.92 Å². The van der Waals surface area contributed by atoms with Crippen molar-refractivity contribution in [3.63, 3.8) is 0 Å². The first-order valence-electron chi connectivity index (χ1n) is 7.22. The number of carbonyl (C=O) groups excluding carboxylic acids is 1. The Balaban J connectivity index is 0.00000400. The topological polar surface area (TPSA) is 58.4 Å². The van der Waals surface area contributed by atoms with Gasteiger partial charge in [0.1, 0.15) is 0 Å². The van der Waals surface area contributed by atoms with Crippen molar-refractivity contribution in [2.24, 2.45) is 5.73 Å². The van der Waals surface area contributed by atoms with Gasteiger partial charge in [-0.1, -0.05) is 43.2 Å². The van der Waals surface area contributed by atoms with Gasteiger partial charge < -0.3 is 16.0 Å². The van der Waals surface area contributed by atoms with Crippen molar-refractivity contribution in [3.05, 3.63) is 35.4 Å². The lowest BCUT2D eigenvalue weighted by atomic mass is 10.0. The van der Waals surface area contributed by atoms with Crippen molar-refractivity contribution in [2.45, 2.75) is 38.8 Å². The van der Waals surface area contributed by atoms with Crippen LogP contribution in [0.3, 0.4) is 0 Å². The van der Waals surface area contributed by atoms with Crippen molar-refractivity contribution in [1.29, 1.82) is 0 Å². The van der Waals surface area contributed by atoms with Gasteiger partial charge in [0.05, 0.1) is 12.1 Å². The van der Waals surface area contributed by atoms with E-state index in [1.807, 2.05) is 21.0 Å². The average Bonchev–Trinajstić information content (AvgIpc) is 2.40. The van der Waals surface area contributed by atoms with Gasteiger partial charge in [0.25, 0.3) is 0 Å². The van der Waals surface area contributed by atoms with E-state index in [0.717, 1.165) is 12.8 Å². The average molecular weight is 314 g/mol. The van der Waals surface area contributed by atoms with Crippen LogP contribution in [0.15, 0.2) is 24.3 Å². The molecule has 1 aromatic rings. The number of benzene rings is 1. The van der Waals surface area contributed by atoms with E-state index in [-0.39, 0.29) is 24.4 Å². The van der Waals surface area contributed by atoms with Crippen LogP contribution < -0.4 is 11.1 Å². The molecule has 4 nitrogen and oxygen atoms in total. The van der Waals surface area contributed by atoms with Crippen LogP contribution >= 0.6 is 12.4 Å². The second-order valence-corrected chi connectivity index (χ2v) is 5.53. The van der Waals surface area contributed by atoms with Crippen LogP contribution in [-0.4, -0.2) is 37.5 Å². The highest BCUT2D eigenvalue weighted by atomic mass is 35.5. The Bertz CT molecular complexity index is 420. The van der Waals surface area contributed by atoms with Gasteiger partial charge in [-0.25, -0.2) is 0 Å². The highest BCUT2D eigenvalue weighted by molar-refractivity contribution is 5.85. The number of aryl methyl sites for hydroxylation is 1. The van der Waals surface area contributed by atoms with Gasteiger partial charge in [0.15, 0.2) is 0 Å². The quantitative estimate of drug-likeness (QED) is 0.812. The summed E-state index contributed by atoms with van der Waals surface area (Å²) >= 11 is 0. The third-order valence-electron chi connectivity index (χ3n) is 3.49. The van der Waals surface area contributed by atoms with Crippen molar-refractivity contribution >= 4 is 18.3 Å². The number of carbonyl (C=O) groups is 1. The van der Waals surface area contributed by atoms with E-state index in [1.54, 1.807) is 0 Å². The molecule has 2 unspecified atom stereocenters. The molecule has 120 valence electrons. The van der Waals surface area contributed by atoms with Crippen molar-refractivity contribution in [1.82, 2.24) is 10.2 Å². The second kappa shape index (κ2) is 9.77. The van der Waals surface area contributed by atoms with Gasteiger partial charge in [-0.05, 0) is 33.0 Å². The Labute approximate surface area is 134 Å². The number of hydrogen-bond donors (Lipinski definition) is 2. The van der Waals surface area contributed by atoms with Crippen LogP contribution in [0.4, 0.5) is 0 Å². The Morgan fingerprint density at radius 1 is 1.29 bits per heavy atom. The lowest BCUT2D eigenvalue weighted by Gasteiger charge is -2.26. The summed E-state index contributed by atoms with van der Waals surface area (Å²) in [5.41, 5.74) is 8.26. The van der Waals surface area contributed by atoms with Crippen molar-refractivity contribution in [3.8, 4) is 0 Å². The highest BCUT2D eigenvalue weighted by Gasteiger charge is 2.17. The molecular weight excluding hydrogens is 286 g/mol. The van der Waals surface area contributed by atoms with E-state index in [2.05, 4.69) is 41.4 Å². The zero-order chi connectivity index (χ0) is 15.1. The molecule has 0 aromatic heterocycles. The van der Waals surface area contributed by atoms with E-state index >= 15 is 0 Å². The van der Waals surface area contributed by atoms with E-state index in [9.17, 15) is 4.79 Å². The second-order valence-electron chi connectivity index (χ2n) is 5.53. The normalized spacial score (nSPS) is 13.4. The molecule has 0 heterocycles. The fraction of sp³-hybridized carbons (Fsp3) is 0.562. The third kappa shape index (κ3) is 6.46. The Morgan fingerprint density at radius 2 is 1.86 bits per heavy atom. The molecule has 0 spiro atoms. The number of likely N-dealkylation sites (N-methyl/N-ethyl adjacent to an activating group) is 1. The number of nitrogens with one attached hydrogen (secondary N) is 1. The molecule has 0 aliphatic rings. The van der Waals surface area contributed by atoms with Crippen molar-refractivity contribution in [2.75, 3.05) is 20.6 Å². The van der Waals surface area contributed by atoms with Gasteiger partial charge in [-0.2, -0.15) is 0 Å². The Hall–Kier alpha value is -1.10. The maximum Gasteiger partial charge on any atom is 0.236 e. The van der Waals surface area contributed by atoms with E-state index < -0.39 is 6.04 Å². The predicted octanol–water partition coefficient (Wildman–Crippen LogP) is 2.26. The predicted molar refractivity (Wildman–Crippen MR) is 90.7 cm³/mol. The molecule has 0 bridgehead atoms. The number of amides is 1. The number of nitrogens with two attached hydrogens (primary N) is 1. The molecule has 0 fully saturated rings. The summed E-state index contributed by atoms with van der Waals surface area (Å²) in [6.45, 7) is 4.67. The lowest BCUT2D eigenvalue weighted by Crippen LogP contribution is -2.43. The highest BCUT2D eigenvalue weighted by Crippen LogP contribution is 2.17. The van der Waals surface area contributed by atoms with Crippen LogP contribution in [0.2, 0.25) is 0 Å². The molecule has 0 saturated carbocycles. The number of halogens is 1. The van der Waals surface area contributed by atoms with E-state index in [4.69, 9.17) is 5.73 Å². The maximum absolute atomic E-state index is 11.9. The van der Waals surface area contributed by atoms with E-state index in [1.165, 1.54) is 11.1 Å². The fourth-order valence-electron chi connectivity index (χ4n) is 2.16. The molecule has 0 radical (unpaired) electrons. The zero-order valence-electron chi connectivity index (χ0n) is 13.4. The minimum absolute atomic E-state index is 0. The molecular formula is C16H28ClN3O. The third-order valence-corrected chi connectivity index (χ3v) is 3.49. The summed E-state index contributed by atoms with van der Waals surface area (Å²) in [7, 11) is 4.03. The molecule has 0 aliphatic heterocycles. The van der Waals surface area contributed by atoms with Gasteiger partial charge in [0.2, 0.25) is 5.91 Å². The van der Waals surface area contributed by atoms with Crippen LogP contribution in [-0.2, 0) is 4.79 Å². The minimum atomic E-state index is -0.402. The first-order valence-corrected chi connectivity index (χ1v) is 7.22. The molecule has 1 rings (SSSR count). The first kappa shape index (κ1) is 19.9. The summed E-state index contributed by atoms with van der Waals surface area (Å²) in [5.74, 6) is -0.0641. The summed E-state index contributed by atoms with van der Waals surface area (Å²) in [6.07, 6.45) is 1.65. The fourth-order valence-corrected chi connectivity index (χ4v) is 2.16. The minimum Gasteiger partial charge on any atom is -0.353 e. The smallest absolute Gasteiger partial charge is 0.236 e. The maximum atomic E-state index is 11.9. The van der Waals surface area contributed by atoms with Crippen LogP contribution in [0.5, 0.6) is 0 Å². The summed E-state index contributed by atoms with van der Waals surface area (Å²) < 4.78 is 0. The van der Waals surface area contributed by atoms with Crippen LogP contribution in [0.25, 0.3) is 0 Å². The first-order chi connectivity index (χ1) is 9.45. The number of hydrogen-bond acceptors (Lipinski definition) is 3. The molecule has 0 aliphatic carbocycles. The number of rotatable bonds is 7. The van der Waals surface area contributed by atoms with Gasteiger partial charge >= 0.3 is 0 Å². The van der Waals surface area contributed by atoms with E-state index in [0.29, 0.717) is 6.54 Å². The molecule has 2 atom stereocenters. The summed E-state index contributed by atoms with van der Waals surface area (Å²) in [6, 6.07) is 8.16. The summed E-state index contributed by atoms with van der Waals surface area (Å²) in [5, 5.41) is 2.96. The molecule has 21 heavy (non-hydrogen) atoms. The standard InChI is InChI=1S/C16H27N3O.ClH/c1-5-6-14(17)16(20)18-11-15(19(3)4)13-9-7-12(2)8-10-13;/h7-10,14-15H,5-6,11,17H2,1-4H3,(H,18,20);1H.